The molecule has 0 atom stereocenters. The Labute approximate surface area is 145 Å². The Morgan fingerprint density at radius 3 is 2.87 bits per heavy atom. The molecule has 5 heteroatoms. The van der Waals surface area contributed by atoms with Gasteiger partial charge in [0.2, 0.25) is 0 Å². The molecule has 1 N–H and O–H groups in total. The Kier molecular flexibility index (Phi) is 10.1. The van der Waals surface area contributed by atoms with Gasteiger partial charge in [-0.3, -0.25) is 4.99 Å². The molecule has 0 bridgehead atoms. The molecule has 23 heavy (non-hydrogen) atoms. The van der Waals surface area contributed by atoms with E-state index in [9.17, 15) is 0 Å². The fourth-order valence-corrected chi connectivity index (χ4v) is 2.35. The first-order valence-electron chi connectivity index (χ1n) is 8.38. The first kappa shape index (κ1) is 19.5. The molecular weight excluding hydrogens is 308 g/mol. The van der Waals surface area contributed by atoms with E-state index in [1.165, 1.54) is 19.3 Å². The van der Waals surface area contributed by atoms with Crippen molar-refractivity contribution in [3.05, 3.63) is 41.7 Å². The van der Waals surface area contributed by atoms with Gasteiger partial charge in [-0.25, -0.2) is 4.98 Å². The highest BCUT2D eigenvalue weighted by molar-refractivity contribution is 6.29. The highest BCUT2D eigenvalue weighted by Gasteiger charge is 2.05. The maximum absolute atomic E-state index is 5.80. The first-order chi connectivity index (χ1) is 11.2. The van der Waals surface area contributed by atoms with Crippen molar-refractivity contribution in [3.63, 3.8) is 0 Å². The molecule has 1 heterocycles. The predicted octanol–water partition coefficient (Wildman–Crippen LogP) is 3.92. The summed E-state index contributed by atoms with van der Waals surface area (Å²) in [6, 6.07) is 3.82. The lowest BCUT2D eigenvalue weighted by molar-refractivity contribution is 0.455. The van der Waals surface area contributed by atoms with Crippen molar-refractivity contribution < 1.29 is 0 Å². The van der Waals surface area contributed by atoms with Crippen LogP contribution < -0.4 is 5.32 Å². The topological polar surface area (TPSA) is 40.5 Å². The Morgan fingerprint density at radius 1 is 1.39 bits per heavy atom. The number of allylic oxidation sites excluding steroid dienone is 1. The van der Waals surface area contributed by atoms with Gasteiger partial charge in [0.05, 0.1) is 0 Å². The van der Waals surface area contributed by atoms with Gasteiger partial charge < -0.3 is 10.2 Å². The minimum absolute atomic E-state index is 0.529. The van der Waals surface area contributed by atoms with Crippen LogP contribution in [0.4, 0.5) is 0 Å². The zero-order valence-electron chi connectivity index (χ0n) is 14.4. The fourth-order valence-electron chi connectivity index (χ4n) is 2.24. The van der Waals surface area contributed by atoms with Gasteiger partial charge in [-0.1, -0.05) is 30.2 Å². The first-order valence-corrected chi connectivity index (χ1v) is 8.76. The van der Waals surface area contributed by atoms with Gasteiger partial charge in [-0.05, 0) is 44.2 Å². The molecule has 0 spiro atoms. The van der Waals surface area contributed by atoms with Gasteiger partial charge in [0, 0.05) is 32.9 Å². The Balaban J connectivity index is 2.41. The predicted molar refractivity (Wildman–Crippen MR) is 100 cm³/mol. The highest BCUT2D eigenvalue weighted by Crippen LogP contribution is 2.06. The van der Waals surface area contributed by atoms with E-state index in [2.05, 4.69) is 35.8 Å². The van der Waals surface area contributed by atoms with Crippen LogP contribution in [0.5, 0.6) is 0 Å². The van der Waals surface area contributed by atoms with Crippen molar-refractivity contribution in [3.8, 4) is 0 Å². The number of rotatable bonds is 10. The number of nitrogens with zero attached hydrogens (tertiary/aromatic N) is 3. The summed E-state index contributed by atoms with van der Waals surface area (Å²) < 4.78 is 0. The number of aliphatic imine (C=N–C) groups is 1. The van der Waals surface area contributed by atoms with Gasteiger partial charge in [0.1, 0.15) is 5.15 Å². The monoisotopic (exact) mass is 336 g/mol. The maximum Gasteiger partial charge on any atom is 0.193 e. The Morgan fingerprint density at radius 2 is 2.22 bits per heavy atom. The fraction of sp³-hybridized carbons (Fsp3) is 0.556. The molecule has 1 aromatic heterocycles. The number of nitrogens with one attached hydrogen (secondary N) is 1. The van der Waals surface area contributed by atoms with E-state index in [0.29, 0.717) is 5.15 Å². The normalized spacial score (nSPS) is 11.3. The summed E-state index contributed by atoms with van der Waals surface area (Å²) in [5.41, 5.74) is 1.15. The molecule has 0 saturated carbocycles. The van der Waals surface area contributed by atoms with Crippen molar-refractivity contribution in [2.45, 2.75) is 39.0 Å². The molecule has 0 radical (unpaired) electrons. The molecule has 1 rings (SSSR count). The molecular formula is C18H29ClN4. The van der Waals surface area contributed by atoms with Crippen LogP contribution in [0.1, 0.15) is 38.2 Å². The molecule has 0 saturated heterocycles. The third-order valence-corrected chi connectivity index (χ3v) is 3.77. The summed E-state index contributed by atoms with van der Waals surface area (Å²) in [5.74, 6) is 0.971. The maximum atomic E-state index is 5.80. The number of guanidine groups is 1. The van der Waals surface area contributed by atoms with Gasteiger partial charge in [0.15, 0.2) is 5.96 Å². The molecule has 0 aliphatic rings. The quantitative estimate of drug-likeness (QED) is 0.231. The summed E-state index contributed by atoms with van der Waals surface area (Å²) in [6.07, 6.45) is 9.39. The average molecular weight is 337 g/mol. The Bertz CT molecular complexity index is 470. The zero-order valence-corrected chi connectivity index (χ0v) is 15.1. The summed E-state index contributed by atoms with van der Waals surface area (Å²) in [6.45, 7) is 8.49. The van der Waals surface area contributed by atoms with Crippen molar-refractivity contribution in [2.75, 3.05) is 26.7 Å². The molecule has 0 fully saturated rings. The summed E-state index contributed by atoms with van der Waals surface area (Å²) >= 11 is 5.80. The number of hydrogen-bond acceptors (Lipinski definition) is 2. The van der Waals surface area contributed by atoms with Crippen molar-refractivity contribution in [1.29, 1.82) is 0 Å². The van der Waals surface area contributed by atoms with Gasteiger partial charge in [-0.15, -0.1) is 6.58 Å². The molecule has 0 aliphatic heterocycles. The van der Waals surface area contributed by atoms with Gasteiger partial charge in [0.25, 0.3) is 0 Å². The van der Waals surface area contributed by atoms with E-state index in [4.69, 9.17) is 16.6 Å². The SMILES string of the molecule is C=CCCCCCN(C)C(=NCCc1ccc(Cl)nc1)NCC. The summed E-state index contributed by atoms with van der Waals surface area (Å²) in [4.78, 5) is 11.0. The molecule has 0 aromatic carbocycles. The number of aromatic nitrogens is 1. The number of unbranched alkanes of at least 4 members (excludes halogenated alkanes) is 3. The highest BCUT2D eigenvalue weighted by atomic mass is 35.5. The molecule has 0 unspecified atom stereocenters. The molecule has 4 nitrogen and oxygen atoms in total. The van der Waals surface area contributed by atoms with Crippen LogP contribution in [-0.2, 0) is 6.42 Å². The lowest BCUT2D eigenvalue weighted by atomic mass is 10.2. The molecule has 0 amide bonds. The van der Waals surface area contributed by atoms with E-state index in [1.807, 2.05) is 24.4 Å². The van der Waals surface area contributed by atoms with Crippen molar-refractivity contribution >= 4 is 17.6 Å². The second-order valence-electron chi connectivity index (χ2n) is 5.53. The smallest absolute Gasteiger partial charge is 0.193 e. The summed E-state index contributed by atoms with van der Waals surface area (Å²) in [7, 11) is 2.10. The van der Waals surface area contributed by atoms with Gasteiger partial charge in [-0.2, -0.15) is 0 Å². The van der Waals surface area contributed by atoms with E-state index < -0.39 is 0 Å². The van der Waals surface area contributed by atoms with Crippen LogP contribution in [0, 0.1) is 0 Å². The standard InChI is InChI=1S/C18H29ClN4/c1-4-6-7-8-9-14-23(3)18(20-5-2)21-13-12-16-10-11-17(19)22-15-16/h4,10-11,15H,1,5-9,12-14H2,2-3H3,(H,20,21). The second-order valence-corrected chi connectivity index (χ2v) is 5.92. The van der Waals surface area contributed by atoms with E-state index in [0.717, 1.165) is 44.0 Å². The minimum atomic E-state index is 0.529. The van der Waals surface area contributed by atoms with Crippen LogP contribution in [0.25, 0.3) is 0 Å². The molecule has 0 aliphatic carbocycles. The number of halogens is 1. The van der Waals surface area contributed by atoms with Crippen LogP contribution in [-0.4, -0.2) is 42.5 Å². The van der Waals surface area contributed by atoms with Crippen LogP contribution in [0.3, 0.4) is 0 Å². The summed E-state index contributed by atoms with van der Waals surface area (Å²) in [5, 5.41) is 3.88. The van der Waals surface area contributed by atoms with Crippen LogP contribution in [0.2, 0.25) is 5.15 Å². The van der Waals surface area contributed by atoms with Crippen LogP contribution in [0.15, 0.2) is 36.0 Å². The lowest BCUT2D eigenvalue weighted by Gasteiger charge is -2.22. The van der Waals surface area contributed by atoms with Crippen molar-refractivity contribution in [2.24, 2.45) is 4.99 Å². The number of pyridine rings is 1. The van der Waals surface area contributed by atoms with E-state index in [1.54, 1.807) is 0 Å². The van der Waals surface area contributed by atoms with Gasteiger partial charge >= 0.3 is 0 Å². The third kappa shape index (κ3) is 8.60. The minimum Gasteiger partial charge on any atom is -0.357 e. The second kappa shape index (κ2) is 11.9. The zero-order chi connectivity index (χ0) is 16.9. The number of hydrogen-bond donors (Lipinski definition) is 1. The average Bonchev–Trinajstić information content (AvgIpc) is 2.55. The Hall–Kier alpha value is -1.55. The van der Waals surface area contributed by atoms with E-state index >= 15 is 0 Å². The largest absolute Gasteiger partial charge is 0.357 e. The van der Waals surface area contributed by atoms with Crippen LogP contribution >= 0.6 is 11.6 Å². The third-order valence-electron chi connectivity index (χ3n) is 3.55. The van der Waals surface area contributed by atoms with E-state index in [-0.39, 0.29) is 0 Å². The lowest BCUT2D eigenvalue weighted by Crippen LogP contribution is -2.39. The molecule has 1 aromatic rings. The molecule has 128 valence electrons. The van der Waals surface area contributed by atoms with Crippen molar-refractivity contribution in [1.82, 2.24) is 15.2 Å².